The van der Waals surface area contributed by atoms with E-state index in [1.54, 1.807) is 0 Å². The van der Waals surface area contributed by atoms with Gasteiger partial charge >= 0.3 is 0 Å². The zero-order valence-corrected chi connectivity index (χ0v) is 10.3. The minimum absolute atomic E-state index is 0.671. The first-order valence-electron chi connectivity index (χ1n) is 4.25. The summed E-state index contributed by atoms with van der Waals surface area (Å²) in [6.45, 7) is 4.41. The fourth-order valence-electron chi connectivity index (χ4n) is 0.937. The summed E-state index contributed by atoms with van der Waals surface area (Å²) < 4.78 is 1.11. The number of rotatable bonds is 3. The van der Waals surface area contributed by atoms with Crippen LogP contribution in [0, 0.1) is 0 Å². The Morgan fingerprint density at radius 2 is 2.15 bits per heavy atom. The fraction of sp³-hybridized carbons (Fsp3) is 0.400. The molecule has 1 aromatic rings. The molecule has 0 aliphatic heterocycles. The van der Waals surface area contributed by atoms with Gasteiger partial charge < -0.3 is 5.73 Å². The molecule has 0 unspecified atom stereocenters. The van der Waals surface area contributed by atoms with Crippen LogP contribution in [-0.4, -0.2) is 5.25 Å². The SMILES string of the molecule is CC(C)SCc1ccc(N)cc1Br. The Morgan fingerprint density at radius 3 is 2.69 bits per heavy atom. The fourth-order valence-corrected chi connectivity index (χ4v) is 2.42. The molecule has 0 atom stereocenters. The standard InChI is InChI=1S/C10H14BrNS/c1-7(2)13-6-8-3-4-9(12)5-10(8)11/h3-5,7H,6,12H2,1-2H3. The van der Waals surface area contributed by atoms with E-state index < -0.39 is 0 Å². The zero-order valence-electron chi connectivity index (χ0n) is 7.88. The number of hydrogen-bond acceptors (Lipinski definition) is 2. The lowest BCUT2D eigenvalue weighted by Gasteiger charge is -2.07. The summed E-state index contributed by atoms with van der Waals surface area (Å²) in [5.74, 6) is 1.04. The molecule has 0 saturated heterocycles. The molecule has 72 valence electrons. The van der Waals surface area contributed by atoms with E-state index in [1.807, 2.05) is 23.9 Å². The van der Waals surface area contributed by atoms with E-state index in [4.69, 9.17) is 5.73 Å². The van der Waals surface area contributed by atoms with Gasteiger partial charge in [0, 0.05) is 15.9 Å². The second kappa shape index (κ2) is 4.91. The molecule has 0 aliphatic carbocycles. The molecule has 0 bridgehead atoms. The lowest BCUT2D eigenvalue weighted by molar-refractivity contribution is 1.11. The van der Waals surface area contributed by atoms with Crippen molar-refractivity contribution in [2.75, 3.05) is 5.73 Å². The van der Waals surface area contributed by atoms with Crippen LogP contribution < -0.4 is 5.73 Å². The Bertz CT molecular complexity index is 286. The number of anilines is 1. The van der Waals surface area contributed by atoms with Crippen LogP contribution in [0.25, 0.3) is 0 Å². The van der Waals surface area contributed by atoms with Crippen LogP contribution in [0.5, 0.6) is 0 Å². The Labute approximate surface area is 92.2 Å². The molecule has 0 amide bonds. The maximum atomic E-state index is 5.65. The molecule has 3 heteroatoms. The monoisotopic (exact) mass is 259 g/mol. The summed E-state index contributed by atoms with van der Waals surface area (Å²) in [6.07, 6.45) is 0. The molecule has 0 radical (unpaired) electrons. The Hall–Kier alpha value is -0.150. The number of benzene rings is 1. The molecule has 0 aromatic heterocycles. The highest BCUT2D eigenvalue weighted by Crippen LogP contribution is 2.25. The minimum atomic E-state index is 0.671. The Balaban J connectivity index is 2.67. The van der Waals surface area contributed by atoms with E-state index in [1.165, 1.54) is 5.56 Å². The van der Waals surface area contributed by atoms with Crippen LogP contribution in [0.15, 0.2) is 22.7 Å². The van der Waals surface area contributed by atoms with E-state index in [-0.39, 0.29) is 0 Å². The van der Waals surface area contributed by atoms with Crippen LogP contribution in [0.4, 0.5) is 5.69 Å². The van der Waals surface area contributed by atoms with Crippen molar-refractivity contribution in [2.24, 2.45) is 0 Å². The average molecular weight is 260 g/mol. The Morgan fingerprint density at radius 1 is 1.46 bits per heavy atom. The molecular formula is C10H14BrNS. The highest BCUT2D eigenvalue weighted by atomic mass is 79.9. The van der Waals surface area contributed by atoms with Gasteiger partial charge in [-0.3, -0.25) is 0 Å². The maximum Gasteiger partial charge on any atom is 0.0325 e. The summed E-state index contributed by atoms with van der Waals surface area (Å²) in [6, 6.07) is 5.98. The first-order chi connectivity index (χ1) is 6.09. The smallest absolute Gasteiger partial charge is 0.0325 e. The van der Waals surface area contributed by atoms with Gasteiger partial charge in [0.05, 0.1) is 0 Å². The van der Waals surface area contributed by atoms with Crippen molar-refractivity contribution in [1.82, 2.24) is 0 Å². The molecule has 0 fully saturated rings. The van der Waals surface area contributed by atoms with E-state index in [9.17, 15) is 0 Å². The molecule has 0 aliphatic rings. The van der Waals surface area contributed by atoms with Gasteiger partial charge in [0.1, 0.15) is 0 Å². The number of halogens is 1. The van der Waals surface area contributed by atoms with Crippen molar-refractivity contribution in [2.45, 2.75) is 24.9 Å². The average Bonchev–Trinajstić information content (AvgIpc) is 2.02. The first-order valence-corrected chi connectivity index (χ1v) is 6.09. The van der Waals surface area contributed by atoms with Crippen molar-refractivity contribution < 1.29 is 0 Å². The Kier molecular flexibility index (Phi) is 4.13. The second-order valence-corrected chi connectivity index (χ2v) is 5.63. The molecule has 0 heterocycles. The van der Waals surface area contributed by atoms with Crippen molar-refractivity contribution in [3.63, 3.8) is 0 Å². The van der Waals surface area contributed by atoms with Crippen LogP contribution in [0.1, 0.15) is 19.4 Å². The van der Waals surface area contributed by atoms with E-state index >= 15 is 0 Å². The molecular weight excluding hydrogens is 246 g/mol. The molecule has 13 heavy (non-hydrogen) atoms. The third kappa shape index (κ3) is 3.61. The van der Waals surface area contributed by atoms with Crippen molar-refractivity contribution in [3.8, 4) is 0 Å². The molecule has 0 saturated carbocycles. The quantitative estimate of drug-likeness (QED) is 0.839. The van der Waals surface area contributed by atoms with Crippen molar-refractivity contribution in [3.05, 3.63) is 28.2 Å². The van der Waals surface area contributed by atoms with Gasteiger partial charge in [-0.1, -0.05) is 35.8 Å². The van der Waals surface area contributed by atoms with Crippen LogP contribution in [0.3, 0.4) is 0 Å². The maximum absolute atomic E-state index is 5.65. The summed E-state index contributed by atoms with van der Waals surface area (Å²) in [5.41, 5.74) is 7.77. The highest BCUT2D eigenvalue weighted by molar-refractivity contribution is 9.10. The second-order valence-electron chi connectivity index (χ2n) is 3.21. The van der Waals surface area contributed by atoms with Crippen molar-refractivity contribution in [1.29, 1.82) is 0 Å². The third-order valence-corrected chi connectivity index (χ3v) is 3.53. The van der Waals surface area contributed by atoms with Gasteiger partial charge in [-0.15, -0.1) is 0 Å². The van der Waals surface area contributed by atoms with Gasteiger partial charge in [0.2, 0.25) is 0 Å². The normalized spacial score (nSPS) is 10.8. The first kappa shape index (κ1) is 10.9. The minimum Gasteiger partial charge on any atom is -0.399 e. The van der Waals surface area contributed by atoms with E-state index in [2.05, 4.69) is 35.8 Å². The third-order valence-electron chi connectivity index (χ3n) is 1.65. The molecule has 1 nitrogen and oxygen atoms in total. The van der Waals surface area contributed by atoms with Gasteiger partial charge in [-0.2, -0.15) is 11.8 Å². The number of nitrogens with two attached hydrogens (primary N) is 1. The van der Waals surface area contributed by atoms with E-state index in [0.29, 0.717) is 5.25 Å². The van der Waals surface area contributed by atoms with Crippen LogP contribution >= 0.6 is 27.7 Å². The molecule has 1 rings (SSSR count). The molecule has 0 spiro atoms. The van der Waals surface area contributed by atoms with Crippen LogP contribution in [0.2, 0.25) is 0 Å². The lowest BCUT2D eigenvalue weighted by atomic mass is 10.2. The van der Waals surface area contributed by atoms with Gasteiger partial charge in [-0.25, -0.2) is 0 Å². The topological polar surface area (TPSA) is 26.0 Å². The summed E-state index contributed by atoms with van der Waals surface area (Å²) in [5, 5.41) is 0.671. The summed E-state index contributed by atoms with van der Waals surface area (Å²) in [7, 11) is 0. The predicted molar refractivity (Wildman–Crippen MR) is 65.0 cm³/mol. The predicted octanol–water partition coefficient (Wildman–Crippen LogP) is 3.67. The molecule has 1 aromatic carbocycles. The highest BCUT2D eigenvalue weighted by Gasteiger charge is 2.01. The zero-order chi connectivity index (χ0) is 9.84. The number of thioether (sulfide) groups is 1. The van der Waals surface area contributed by atoms with Crippen molar-refractivity contribution >= 4 is 33.4 Å². The van der Waals surface area contributed by atoms with Gasteiger partial charge in [0.25, 0.3) is 0 Å². The van der Waals surface area contributed by atoms with Crippen LogP contribution in [-0.2, 0) is 5.75 Å². The molecule has 2 N–H and O–H groups in total. The summed E-state index contributed by atoms with van der Waals surface area (Å²) >= 11 is 5.44. The largest absolute Gasteiger partial charge is 0.399 e. The number of hydrogen-bond donors (Lipinski definition) is 1. The lowest BCUT2D eigenvalue weighted by Crippen LogP contribution is -1.91. The van der Waals surface area contributed by atoms with Gasteiger partial charge in [-0.05, 0) is 22.9 Å². The number of nitrogen functional groups attached to an aromatic ring is 1. The summed E-state index contributed by atoms with van der Waals surface area (Å²) in [4.78, 5) is 0. The van der Waals surface area contributed by atoms with E-state index in [0.717, 1.165) is 15.9 Å². The van der Waals surface area contributed by atoms with Gasteiger partial charge in [0.15, 0.2) is 0 Å².